The molecule has 2 heterocycles. The second-order valence-corrected chi connectivity index (χ2v) is 6.11. The first kappa shape index (κ1) is 14.5. The van der Waals surface area contributed by atoms with Gasteiger partial charge in [-0.2, -0.15) is 0 Å². The quantitative estimate of drug-likeness (QED) is 0.675. The van der Waals surface area contributed by atoms with Crippen molar-refractivity contribution in [3.05, 3.63) is 64.2 Å². The van der Waals surface area contributed by atoms with Crippen molar-refractivity contribution < 1.29 is 0 Å². The SMILES string of the molecule is Nc1ccc(/C=C2\CCCn3c2nc2cc(N)ccc2c3=O)cc1. The van der Waals surface area contributed by atoms with E-state index in [1.165, 1.54) is 0 Å². The van der Waals surface area contributed by atoms with Crippen LogP contribution in [0.5, 0.6) is 0 Å². The molecule has 4 N–H and O–H groups in total. The van der Waals surface area contributed by atoms with E-state index < -0.39 is 0 Å². The zero-order valence-corrected chi connectivity index (χ0v) is 13.2. The van der Waals surface area contributed by atoms with E-state index in [1.807, 2.05) is 24.3 Å². The van der Waals surface area contributed by atoms with Crippen LogP contribution in [-0.4, -0.2) is 9.55 Å². The van der Waals surface area contributed by atoms with E-state index in [4.69, 9.17) is 16.5 Å². The molecule has 0 radical (unpaired) electrons. The molecule has 2 aromatic carbocycles. The number of hydrogen-bond acceptors (Lipinski definition) is 4. The predicted molar refractivity (Wildman–Crippen MR) is 98.4 cm³/mol. The van der Waals surface area contributed by atoms with Crippen molar-refractivity contribution in [2.24, 2.45) is 0 Å². The maximum atomic E-state index is 12.8. The van der Waals surface area contributed by atoms with Crippen LogP contribution in [0.2, 0.25) is 0 Å². The molecule has 0 fully saturated rings. The van der Waals surface area contributed by atoms with E-state index in [0.717, 1.165) is 35.5 Å². The van der Waals surface area contributed by atoms with Crippen molar-refractivity contribution in [3.63, 3.8) is 0 Å². The van der Waals surface area contributed by atoms with Gasteiger partial charge in [0.15, 0.2) is 0 Å². The summed E-state index contributed by atoms with van der Waals surface area (Å²) in [6, 6.07) is 12.9. The van der Waals surface area contributed by atoms with Gasteiger partial charge in [0.25, 0.3) is 5.56 Å². The first-order valence-electron chi connectivity index (χ1n) is 7.98. The Morgan fingerprint density at radius 2 is 1.79 bits per heavy atom. The molecule has 0 bridgehead atoms. The molecule has 0 amide bonds. The second kappa shape index (κ2) is 5.53. The third-order valence-corrected chi connectivity index (χ3v) is 4.37. The number of aromatic nitrogens is 2. The fraction of sp³-hybridized carbons (Fsp3) is 0.158. The summed E-state index contributed by atoms with van der Waals surface area (Å²) in [4.78, 5) is 17.5. The summed E-state index contributed by atoms with van der Waals surface area (Å²) >= 11 is 0. The first-order chi connectivity index (χ1) is 11.6. The van der Waals surface area contributed by atoms with E-state index >= 15 is 0 Å². The Morgan fingerprint density at radius 1 is 1.04 bits per heavy atom. The minimum atomic E-state index is -0.00194. The summed E-state index contributed by atoms with van der Waals surface area (Å²) in [5, 5.41) is 0.613. The summed E-state index contributed by atoms with van der Waals surface area (Å²) in [5.74, 6) is 0.737. The topological polar surface area (TPSA) is 86.9 Å². The fourth-order valence-electron chi connectivity index (χ4n) is 3.16. The van der Waals surface area contributed by atoms with E-state index in [2.05, 4.69) is 6.08 Å². The molecule has 24 heavy (non-hydrogen) atoms. The number of allylic oxidation sites excluding steroid dienone is 1. The number of fused-ring (bicyclic) bond motifs is 2. The van der Waals surface area contributed by atoms with E-state index in [-0.39, 0.29) is 5.56 Å². The number of nitrogens with two attached hydrogens (primary N) is 2. The standard InChI is InChI=1S/C19H18N4O/c20-14-5-3-12(4-6-14)10-13-2-1-9-23-18(13)22-17-11-15(21)7-8-16(17)19(23)24/h3-8,10-11H,1-2,9,20-21H2/b13-10+. The summed E-state index contributed by atoms with van der Waals surface area (Å²) in [7, 11) is 0. The maximum Gasteiger partial charge on any atom is 0.261 e. The second-order valence-electron chi connectivity index (χ2n) is 6.11. The summed E-state index contributed by atoms with van der Waals surface area (Å²) < 4.78 is 1.77. The molecule has 0 saturated heterocycles. The van der Waals surface area contributed by atoms with Crippen LogP contribution in [0.25, 0.3) is 22.6 Å². The summed E-state index contributed by atoms with van der Waals surface area (Å²) in [5.41, 5.74) is 15.7. The van der Waals surface area contributed by atoms with Crippen LogP contribution in [0.3, 0.4) is 0 Å². The zero-order valence-electron chi connectivity index (χ0n) is 13.2. The number of rotatable bonds is 1. The fourth-order valence-corrected chi connectivity index (χ4v) is 3.16. The van der Waals surface area contributed by atoms with Gasteiger partial charge in [-0.3, -0.25) is 9.36 Å². The Bertz CT molecular complexity index is 1020. The minimum Gasteiger partial charge on any atom is -0.399 e. The van der Waals surface area contributed by atoms with Gasteiger partial charge in [-0.25, -0.2) is 4.98 Å². The van der Waals surface area contributed by atoms with Gasteiger partial charge in [-0.1, -0.05) is 12.1 Å². The minimum absolute atomic E-state index is 0.00194. The van der Waals surface area contributed by atoms with Crippen LogP contribution in [-0.2, 0) is 6.54 Å². The molecule has 1 aliphatic rings. The monoisotopic (exact) mass is 318 g/mol. The predicted octanol–water partition coefficient (Wildman–Crippen LogP) is 2.90. The number of benzene rings is 2. The van der Waals surface area contributed by atoms with Crippen LogP contribution in [0, 0.1) is 0 Å². The number of nitrogen functional groups attached to an aromatic ring is 2. The summed E-state index contributed by atoms with van der Waals surface area (Å²) in [6.45, 7) is 0.695. The Kier molecular flexibility index (Phi) is 3.34. The van der Waals surface area contributed by atoms with Crippen LogP contribution in [0.1, 0.15) is 24.2 Å². The molecule has 5 nitrogen and oxygen atoms in total. The van der Waals surface area contributed by atoms with Gasteiger partial charge in [0.05, 0.1) is 10.9 Å². The van der Waals surface area contributed by atoms with Gasteiger partial charge < -0.3 is 11.5 Å². The lowest BCUT2D eigenvalue weighted by molar-refractivity contribution is 0.587. The molecule has 0 unspecified atom stereocenters. The normalized spacial score (nSPS) is 15.6. The highest BCUT2D eigenvalue weighted by Crippen LogP contribution is 2.27. The lowest BCUT2D eigenvalue weighted by Crippen LogP contribution is -2.27. The van der Waals surface area contributed by atoms with Crippen molar-refractivity contribution in [2.45, 2.75) is 19.4 Å². The van der Waals surface area contributed by atoms with Crippen LogP contribution in [0.15, 0.2) is 47.3 Å². The lowest BCUT2D eigenvalue weighted by Gasteiger charge is -2.21. The number of anilines is 2. The smallest absolute Gasteiger partial charge is 0.261 e. The highest BCUT2D eigenvalue weighted by Gasteiger charge is 2.18. The van der Waals surface area contributed by atoms with Gasteiger partial charge in [0.1, 0.15) is 5.82 Å². The average Bonchev–Trinajstić information content (AvgIpc) is 2.57. The molecule has 1 aromatic heterocycles. The van der Waals surface area contributed by atoms with E-state index in [9.17, 15) is 4.79 Å². The molecule has 0 aliphatic carbocycles. The molecule has 4 rings (SSSR count). The Labute approximate surface area is 139 Å². The van der Waals surface area contributed by atoms with Gasteiger partial charge in [0.2, 0.25) is 0 Å². The molecule has 0 atom stereocenters. The summed E-state index contributed by atoms with van der Waals surface area (Å²) in [6.07, 6.45) is 3.90. The highest BCUT2D eigenvalue weighted by atomic mass is 16.1. The van der Waals surface area contributed by atoms with E-state index in [1.54, 1.807) is 22.8 Å². The van der Waals surface area contributed by atoms with Gasteiger partial charge in [0, 0.05) is 17.9 Å². The third kappa shape index (κ3) is 2.44. The Balaban J connectivity index is 1.92. The van der Waals surface area contributed by atoms with E-state index in [0.29, 0.717) is 23.1 Å². The maximum absolute atomic E-state index is 12.8. The molecule has 0 saturated carbocycles. The van der Waals surface area contributed by atoms with Crippen molar-refractivity contribution in [2.75, 3.05) is 11.5 Å². The van der Waals surface area contributed by atoms with Crippen LogP contribution in [0.4, 0.5) is 11.4 Å². The van der Waals surface area contributed by atoms with Gasteiger partial charge in [-0.15, -0.1) is 0 Å². The molecular weight excluding hydrogens is 300 g/mol. The van der Waals surface area contributed by atoms with Crippen LogP contribution >= 0.6 is 0 Å². The van der Waals surface area contributed by atoms with Crippen molar-refractivity contribution in [3.8, 4) is 0 Å². The van der Waals surface area contributed by atoms with Crippen molar-refractivity contribution in [1.29, 1.82) is 0 Å². The lowest BCUT2D eigenvalue weighted by atomic mass is 10.0. The Hall–Kier alpha value is -3.08. The third-order valence-electron chi connectivity index (χ3n) is 4.37. The molecule has 5 heteroatoms. The average molecular weight is 318 g/mol. The first-order valence-corrected chi connectivity index (χ1v) is 7.98. The molecule has 0 spiro atoms. The van der Waals surface area contributed by atoms with Gasteiger partial charge >= 0.3 is 0 Å². The number of nitrogens with zero attached hydrogens (tertiary/aromatic N) is 2. The van der Waals surface area contributed by atoms with Crippen LogP contribution < -0.4 is 17.0 Å². The van der Waals surface area contributed by atoms with Crippen molar-refractivity contribution >= 4 is 33.9 Å². The largest absolute Gasteiger partial charge is 0.399 e. The van der Waals surface area contributed by atoms with Crippen molar-refractivity contribution in [1.82, 2.24) is 9.55 Å². The number of hydrogen-bond donors (Lipinski definition) is 2. The Morgan fingerprint density at radius 3 is 2.58 bits per heavy atom. The zero-order chi connectivity index (χ0) is 16.7. The van der Waals surface area contributed by atoms with Gasteiger partial charge in [-0.05, 0) is 60.4 Å². The highest BCUT2D eigenvalue weighted by molar-refractivity contribution is 5.85. The molecule has 120 valence electrons. The molecule has 1 aliphatic heterocycles. The molecular formula is C19H18N4O. The molecule has 3 aromatic rings.